The highest BCUT2D eigenvalue weighted by atomic mass is 32.2. The Morgan fingerprint density at radius 2 is 1.68 bits per heavy atom. The number of benzene rings is 1. The first-order valence-corrected chi connectivity index (χ1v) is 8.93. The molecule has 0 heterocycles. The van der Waals surface area contributed by atoms with Crippen molar-refractivity contribution in [3.8, 4) is 0 Å². The van der Waals surface area contributed by atoms with Gasteiger partial charge in [-0.05, 0) is 31.9 Å². The number of sulfonamides is 1. The standard InChI is InChI=1S/C15H25N3O3S/c1-11(2)18-22(20,21)10-14-6-4-13(5-7-14)9-17-15(19)8-12(3)16/h4-7,11-12,18H,8-10,16H2,1-3H3,(H,17,19). The molecule has 22 heavy (non-hydrogen) atoms. The fraction of sp³-hybridized carbons (Fsp3) is 0.533. The number of carbonyl (C=O) groups excluding carboxylic acids is 1. The lowest BCUT2D eigenvalue weighted by Crippen LogP contribution is -2.31. The van der Waals surface area contributed by atoms with Crippen LogP contribution in [0.3, 0.4) is 0 Å². The van der Waals surface area contributed by atoms with E-state index in [1.165, 1.54) is 0 Å². The Morgan fingerprint density at radius 1 is 1.14 bits per heavy atom. The fourth-order valence-corrected chi connectivity index (χ4v) is 3.37. The third kappa shape index (κ3) is 7.53. The van der Waals surface area contributed by atoms with Gasteiger partial charge in [0.25, 0.3) is 0 Å². The second kappa shape index (κ2) is 8.26. The molecule has 1 aromatic carbocycles. The maximum atomic E-state index is 11.8. The van der Waals surface area contributed by atoms with E-state index >= 15 is 0 Å². The van der Waals surface area contributed by atoms with Gasteiger partial charge in [-0.1, -0.05) is 24.3 Å². The van der Waals surface area contributed by atoms with Crippen molar-refractivity contribution in [2.75, 3.05) is 0 Å². The molecule has 0 aliphatic carbocycles. The number of hydrogen-bond donors (Lipinski definition) is 3. The van der Waals surface area contributed by atoms with E-state index in [4.69, 9.17) is 5.73 Å². The van der Waals surface area contributed by atoms with Crippen molar-refractivity contribution >= 4 is 15.9 Å². The normalized spacial score (nSPS) is 13.1. The van der Waals surface area contributed by atoms with Gasteiger partial charge in [-0.2, -0.15) is 0 Å². The van der Waals surface area contributed by atoms with Crippen molar-refractivity contribution in [2.24, 2.45) is 5.73 Å². The smallest absolute Gasteiger partial charge is 0.221 e. The summed E-state index contributed by atoms with van der Waals surface area (Å²) in [5.74, 6) is -0.148. The summed E-state index contributed by atoms with van der Waals surface area (Å²) >= 11 is 0. The van der Waals surface area contributed by atoms with Crippen molar-refractivity contribution in [1.29, 1.82) is 0 Å². The maximum absolute atomic E-state index is 11.8. The minimum Gasteiger partial charge on any atom is -0.352 e. The zero-order valence-corrected chi connectivity index (χ0v) is 14.1. The molecule has 124 valence electrons. The topological polar surface area (TPSA) is 101 Å². The molecule has 1 aromatic rings. The van der Waals surface area contributed by atoms with E-state index in [0.717, 1.165) is 5.56 Å². The number of rotatable bonds is 8. The largest absolute Gasteiger partial charge is 0.352 e. The third-order valence-corrected chi connectivity index (χ3v) is 4.34. The van der Waals surface area contributed by atoms with Crippen molar-refractivity contribution in [3.05, 3.63) is 35.4 Å². The zero-order chi connectivity index (χ0) is 16.8. The lowest BCUT2D eigenvalue weighted by Gasteiger charge is -2.10. The molecule has 0 spiro atoms. The number of amides is 1. The van der Waals surface area contributed by atoms with Crippen LogP contribution in [-0.2, 0) is 27.1 Å². The summed E-state index contributed by atoms with van der Waals surface area (Å²) in [5.41, 5.74) is 7.17. The van der Waals surface area contributed by atoms with Gasteiger partial charge in [0.05, 0.1) is 5.75 Å². The first-order chi connectivity index (χ1) is 10.2. The van der Waals surface area contributed by atoms with Crippen LogP contribution in [0.5, 0.6) is 0 Å². The Morgan fingerprint density at radius 3 is 2.18 bits per heavy atom. The second-order valence-corrected chi connectivity index (χ2v) is 7.56. The van der Waals surface area contributed by atoms with Crippen LogP contribution in [0.2, 0.25) is 0 Å². The van der Waals surface area contributed by atoms with Crippen molar-refractivity contribution < 1.29 is 13.2 Å². The number of carbonyl (C=O) groups is 1. The Bertz CT molecular complexity index is 581. The molecule has 1 atom stereocenters. The van der Waals surface area contributed by atoms with Gasteiger partial charge in [0.15, 0.2) is 0 Å². The van der Waals surface area contributed by atoms with Crippen molar-refractivity contribution in [2.45, 2.75) is 51.6 Å². The van der Waals surface area contributed by atoms with Gasteiger partial charge in [-0.25, -0.2) is 13.1 Å². The van der Waals surface area contributed by atoms with E-state index in [1.807, 2.05) is 12.1 Å². The van der Waals surface area contributed by atoms with Gasteiger partial charge in [0.1, 0.15) is 0 Å². The highest BCUT2D eigenvalue weighted by Gasteiger charge is 2.12. The first-order valence-electron chi connectivity index (χ1n) is 7.28. The predicted octanol–water partition coefficient (Wildman–Crippen LogP) is 0.868. The van der Waals surface area contributed by atoms with E-state index in [2.05, 4.69) is 10.0 Å². The highest BCUT2D eigenvalue weighted by molar-refractivity contribution is 7.88. The number of nitrogens with two attached hydrogens (primary N) is 1. The molecule has 1 unspecified atom stereocenters. The van der Waals surface area contributed by atoms with Crippen LogP contribution in [0.1, 0.15) is 38.3 Å². The van der Waals surface area contributed by atoms with Crippen molar-refractivity contribution in [1.82, 2.24) is 10.0 Å². The Labute approximate surface area is 132 Å². The monoisotopic (exact) mass is 327 g/mol. The molecule has 0 aliphatic rings. The molecule has 0 saturated carbocycles. The molecular weight excluding hydrogens is 302 g/mol. The summed E-state index contributed by atoms with van der Waals surface area (Å²) in [6.07, 6.45) is 0.289. The van der Waals surface area contributed by atoms with Crippen LogP contribution in [0.25, 0.3) is 0 Å². The van der Waals surface area contributed by atoms with Crippen LogP contribution >= 0.6 is 0 Å². The average molecular weight is 327 g/mol. The van der Waals surface area contributed by atoms with Gasteiger partial charge in [0, 0.05) is 25.0 Å². The Kier molecular flexibility index (Phi) is 6.99. The molecule has 1 rings (SSSR count). The first kappa shape index (κ1) is 18.6. The van der Waals surface area contributed by atoms with Gasteiger partial charge < -0.3 is 11.1 Å². The van der Waals surface area contributed by atoms with Gasteiger partial charge in [0.2, 0.25) is 15.9 Å². The number of nitrogens with one attached hydrogen (secondary N) is 2. The molecule has 4 N–H and O–H groups in total. The quantitative estimate of drug-likeness (QED) is 0.659. The minimum atomic E-state index is -3.32. The Hall–Kier alpha value is -1.44. The number of hydrogen-bond acceptors (Lipinski definition) is 4. The summed E-state index contributed by atoms with van der Waals surface area (Å²) in [4.78, 5) is 11.5. The predicted molar refractivity (Wildman–Crippen MR) is 87.5 cm³/mol. The van der Waals surface area contributed by atoms with Crippen LogP contribution < -0.4 is 15.8 Å². The van der Waals surface area contributed by atoms with E-state index in [0.29, 0.717) is 12.1 Å². The molecular formula is C15H25N3O3S. The summed E-state index contributed by atoms with van der Waals surface area (Å²) in [6, 6.07) is 6.85. The lowest BCUT2D eigenvalue weighted by molar-refractivity contribution is -0.121. The molecule has 0 bridgehead atoms. The second-order valence-electron chi connectivity index (χ2n) is 5.81. The van der Waals surface area contributed by atoms with Crippen LogP contribution in [0, 0.1) is 0 Å². The molecule has 1 amide bonds. The summed E-state index contributed by atoms with van der Waals surface area (Å²) in [7, 11) is -3.32. The summed E-state index contributed by atoms with van der Waals surface area (Å²) in [6.45, 7) is 5.75. The van der Waals surface area contributed by atoms with Crippen LogP contribution in [0.4, 0.5) is 0 Å². The maximum Gasteiger partial charge on any atom is 0.221 e. The van der Waals surface area contributed by atoms with E-state index in [-0.39, 0.29) is 30.2 Å². The van der Waals surface area contributed by atoms with Gasteiger partial charge in [-0.15, -0.1) is 0 Å². The molecule has 0 aliphatic heterocycles. The van der Waals surface area contributed by atoms with E-state index < -0.39 is 10.0 Å². The minimum absolute atomic E-state index is 0.0531. The van der Waals surface area contributed by atoms with Gasteiger partial charge >= 0.3 is 0 Å². The third-order valence-electron chi connectivity index (χ3n) is 2.79. The van der Waals surface area contributed by atoms with Crippen LogP contribution in [0.15, 0.2) is 24.3 Å². The van der Waals surface area contributed by atoms with E-state index in [9.17, 15) is 13.2 Å². The molecule has 0 radical (unpaired) electrons. The zero-order valence-electron chi connectivity index (χ0n) is 13.3. The lowest BCUT2D eigenvalue weighted by atomic mass is 10.1. The molecule has 0 fully saturated rings. The molecule has 0 saturated heterocycles. The summed E-state index contributed by atoms with van der Waals surface area (Å²) < 4.78 is 26.2. The van der Waals surface area contributed by atoms with E-state index in [1.54, 1.807) is 32.9 Å². The average Bonchev–Trinajstić information content (AvgIpc) is 2.35. The van der Waals surface area contributed by atoms with Crippen molar-refractivity contribution in [3.63, 3.8) is 0 Å². The SMILES string of the molecule is CC(N)CC(=O)NCc1ccc(CS(=O)(=O)NC(C)C)cc1. The molecule has 6 nitrogen and oxygen atoms in total. The molecule has 7 heteroatoms. The van der Waals surface area contributed by atoms with Gasteiger partial charge in [-0.3, -0.25) is 4.79 Å². The fourth-order valence-electron chi connectivity index (χ4n) is 1.94. The van der Waals surface area contributed by atoms with Crippen LogP contribution in [-0.4, -0.2) is 26.4 Å². The highest BCUT2D eigenvalue weighted by Crippen LogP contribution is 2.08. The Balaban J connectivity index is 2.55. The summed E-state index contributed by atoms with van der Waals surface area (Å²) in [5, 5.41) is 2.77. The molecule has 0 aromatic heterocycles.